The van der Waals surface area contributed by atoms with E-state index < -0.39 is 0 Å². The van der Waals surface area contributed by atoms with E-state index in [1.54, 1.807) is 6.07 Å². The average Bonchev–Trinajstić information content (AvgIpc) is 2.35. The zero-order valence-electron chi connectivity index (χ0n) is 10.0. The van der Waals surface area contributed by atoms with Crippen LogP contribution in [0.3, 0.4) is 0 Å². The first-order valence-corrected chi connectivity index (χ1v) is 5.73. The summed E-state index contributed by atoms with van der Waals surface area (Å²) in [7, 11) is 1.43. The molecule has 1 aromatic heterocycles. The molecule has 17 heavy (non-hydrogen) atoms. The Hall–Kier alpha value is -1.84. The van der Waals surface area contributed by atoms with Crippen molar-refractivity contribution in [1.82, 2.24) is 4.98 Å². The lowest BCUT2D eigenvalue weighted by Crippen LogP contribution is -2.06. The molecule has 0 aliphatic heterocycles. The van der Waals surface area contributed by atoms with E-state index in [1.165, 1.54) is 7.11 Å². The number of aromatic nitrogens is 1. The molecule has 0 saturated carbocycles. The van der Waals surface area contributed by atoms with Crippen LogP contribution in [-0.2, 0) is 6.42 Å². The number of methoxy groups -OCH3 is 1. The molecule has 0 saturated heterocycles. The van der Waals surface area contributed by atoms with Gasteiger partial charge in [0.2, 0.25) is 0 Å². The highest BCUT2D eigenvalue weighted by atomic mass is 16.6. The Morgan fingerprint density at radius 1 is 1.41 bits per heavy atom. The molecular formula is C13H15NO3. The number of benzene rings is 1. The van der Waals surface area contributed by atoms with Crippen molar-refractivity contribution in [2.45, 2.75) is 26.2 Å². The Morgan fingerprint density at radius 2 is 2.24 bits per heavy atom. The predicted octanol–water partition coefficient (Wildman–Crippen LogP) is 2.54. The minimum atomic E-state index is -0.376. The summed E-state index contributed by atoms with van der Waals surface area (Å²) < 4.78 is 9.82. The summed E-state index contributed by atoms with van der Waals surface area (Å²) >= 11 is 0. The van der Waals surface area contributed by atoms with Gasteiger partial charge in [0.1, 0.15) is 0 Å². The van der Waals surface area contributed by atoms with Crippen LogP contribution in [0.4, 0.5) is 0 Å². The number of hydrogen-bond acceptors (Lipinski definition) is 4. The van der Waals surface area contributed by atoms with Crippen LogP contribution < -0.4 is 10.4 Å². The fourth-order valence-electron chi connectivity index (χ4n) is 1.83. The van der Waals surface area contributed by atoms with Crippen LogP contribution in [-0.4, -0.2) is 12.1 Å². The molecule has 4 nitrogen and oxygen atoms in total. The van der Waals surface area contributed by atoms with Gasteiger partial charge in [-0.1, -0.05) is 25.5 Å². The third-order valence-corrected chi connectivity index (χ3v) is 2.70. The zero-order valence-corrected chi connectivity index (χ0v) is 10.0. The molecule has 4 heteroatoms. The van der Waals surface area contributed by atoms with E-state index in [9.17, 15) is 4.79 Å². The molecule has 0 unspecified atom stereocenters. The van der Waals surface area contributed by atoms with E-state index in [0.29, 0.717) is 10.9 Å². The van der Waals surface area contributed by atoms with Gasteiger partial charge in [-0.15, -0.1) is 0 Å². The van der Waals surface area contributed by atoms with Crippen molar-refractivity contribution in [3.05, 3.63) is 34.2 Å². The Bertz CT molecular complexity index is 574. The van der Waals surface area contributed by atoms with Gasteiger partial charge in [0.05, 0.1) is 18.0 Å². The number of ether oxygens (including phenoxy) is 1. The van der Waals surface area contributed by atoms with Crippen molar-refractivity contribution < 1.29 is 9.15 Å². The van der Waals surface area contributed by atoms with Gasteiger partial charge in [-0.25, -0.2) is 4.79 Å². The molecule has 0 bridgehead atoms. The van der Waals surface area contributed by atoms with Crippen molar-refractivity contribution in [2.24, 2.45) is 0 Å². The molecule has 0 aliphatic carbocycles. The molecule has 0 radical (unpaired) electrons. The van der Waals surface area contributed by atoms with Crippen LogP contribution in [0.15, 0.2) is 27.4 Å². The molecule has 0 N–H and O–H groups in total. The second kappa shape index (κ2) is 4.99. The van der Waals surface area contributed by atoms with Crippen molar-refractivity contribution in [2.75, 3.05) is 7.11 Å². The number of unbranched alkanes of at least 4 members (excludes halogenated alkanes) is 1. The Kier molecular flexibility index (Phi) is 3.42. The fraction of sp³-hybridized carbons (Fsp3) is 0.385. The summed E-state index contributed by atoms with van der Waals surface area (Å²) in [5, 5.41) is 0.571. The van der Waals surface area contributed by atoms with Gasteiger partial charge in [0.25, 0.3) is 0 Å². The molecular weight excluding hydrogens is 218 g/mol. The number of fused-ring (bicyclic) bond motifs is 1. The fourth-order valence-corrected chi connectivity index (χ4v) is 1.83. The van der Waals surface area contributed by atoms with Crippen molar-refractivity contribution >= 4 is 10.9 Å². The van der Waals surface area contributed by atoms with Gasteiger partial charge < -0.3 is 9.15 Å². The standard InChI is InChI=1S/C13H15NO3/c1-3-4-6-9-7-5-8-10-11(9)12(15)17-13(14-10)16-2/h5,7-8H,3-4,6H2,1-2H3. The van der Waals surface area contributed by atoms with Crippen LogP contribution in [0.1, 0.15) is 25.3 Å². The van der Waals surface area contributed by atoms with E-state index in [1.807, 2.05) is 12.1 Å². The lowest BCUT2D eigenvalue weighted by Gasteiger charge is -2.04. The molecule has 2 rings (SSSR count). The predicted molar refractivity (Wildman–Crippen MR) is 65.4 cm³/mol. The molecule has 1 heterocycles. The van der Waals surface area contributed by atoms with Crippen LogP contribution in [0, 0.1) is 0 Å². The summed E-state index contributed by atoms with van der Waals surface area (Å²) in [5.74, 6) is 0. The van der Waals surface area contributed by atoms with Crippen molar-refractivity contribution in [3.63, 3.8) is 0 Å². The van der Waals surface area contributed by atoms with Gasteiger partial charge in [-0.3, -0.25) is 0 Å². The second-order valence-corrected chi connectivity index (χ2v) is 3.89. The van der Waals surface area contributed by atoms with E-state index >= 15 is 0 Å². The zero-order chi connectivity index (χ0) is 12.3. The molecule has 0 atom stereocenters. The normalized spacial score (nSPS) is 10.7. The highest BCUT2D eigenvalue weighted by molar-refractivity contribution is 5.80. The molecule has 0 fully saturated rings. The molecule has 90 valence electrons. The second-order valence-electron chi connectivity index (χ2n) is 3.89. The Morgan fingerprint density at radius 3 is 2.94 bits per heavy atom. The Balaban J connectivity index is 2.59. The molecule has 0 amide bonds. The minimum Gasteiger partial charge on any atom is -0.453 e. The monoisotopic (exact) mass is 233 g/mol. The van der Waals surface area contributed by atoms with Gasteiger partial charge in [0.15, 0.2) is 0 Å². The van der Waals surface area contributed by atoms with Crippen LogP contribution in [0.2, 0.25) is 0 Å². The number of rotatable bonds is 4. The first kappa shape index (κ1) is 11.6. The quantitative estimate of drug-likeness (QED) is 0.814. The summed E-state index contributed by atoms with van der Waals surface area (Å²) in [5.41, 5.74) is 1.25. The van der Waals surface area contributed by atoms with E-state index in [2.05, 4.69) is 11.9 Å². The van der Waals surface area contributed by atoms with Crippen LogP contribution in [0.5, 0.6) is 6.08 Å². The number of aryl methyl sites for hydroxylation is 1. The van der Waals surface area contributed by atoms with E-state index in [0.717, 1.165) is 24.8 Å². The first-order chi connectivity index (χ1) is 8.26. The highest BCUT2D eigenvalue weighted by Gasteiger charge is 2.10. The van der Waals surface area contributed by atoms with E-state index in [4.69, 9.17) is 9.15 Å². The smallest absolute Gasteiger partial charge is 0.396 e. The van der Waals surface area contributed by atoms with Crippen molar-refractivity contribution in [3.8, 4) is 6.08 Å². The third-order valence-electron chi connectivity index (χ3n) is 2.70. The van der Waals surface area contributed by atoms with Gasteiger partial charge in [-0.2, -0.15) is 4.98 Å². The van der Waals surface area contributed by atoms with Gasteiger partial charge in [0, 0.05) is 0 Å². The van der Waals surface area contributed by atoms with Crippen molar-refractivity contribution in [1.29, 1.82) is 0 Å². The topological polar surface area (TPSA) is 52.3 Å². The maximum Gasteiger partial charge on any atom is 0.396 e. The molecule has 0 aliphatic rings. The maximum atomic E-state index is 11.9. The van der Waals surface area contributed by atoms with Crippen LogP contribution >= 0.6 is 0 Å². The average molecular weight is 233 g/mol. The summed E-state index contributed by atoms with van der Waals surface area (Å²) in [6, 6.07) is 5.65. The van der Waals surface area contributed by atoms with Gasteiger partial charge in [-0.05, 0) is 24.5 Å². The van der Waals surface area contributed by atoms with Crippen LogP contribution in [0.25, 0.3) is 10.9 Å². The maximum absolute atomic E-state index is 11.9. The largest absolute Gasteiger partial charge is 0.453 e. The first-order valence-electron chi connectivity index (χ1n) is 5.73. The SMILES string of the molecule is CCCCc1cccc2nc(OC)oc(=O)c12. The number of nitrogens with zero attached hydrogens (tertiary/aromatic N) is 1. The summed E-state index contributed by atoms with van der Waals surface area (Å²) in [6.45, 7) is 2.12. The minimum absolute atomic E-state index is 0.00939. The lowest BCUT2D eigenvalue weighted by atomic mass is 10.0. The Labute approximate surface area is 99.2 Å². The molecule has 0 spiro atoms. The highest BCUT2D eigenvalue weighted by Crippen LogP contribution is 2.18. The van der Waals surface area contributed by atoms with E-state index in [-0.39, 0.29) is 11.7 Å². The third kappa shape index (κ3) is 2.30. The summed E-state index contributed by atoms with van der Waals surface area (Å²) in [6.07, 6.45) is 3.01. The summed E-state index contributed by atoms with van der Waals surface area (Å²) in [4.78, 5) is 16.0. The van der Waals surface area contributed by atoms with Gasteiger partial charge >= 0.3 is 11.7 Å². The molecule has 2 aromatic rings. The lowest BCUT2D eigenvalue weighted by molar-refractivity contribution is 0.270. The molecule has 1 aromatic carbocycles. The number of hydrogen-bond donors (Lipinski definition) is 0.